The molecule has 0 saturated carbocycles. The molecule has 0 aliphatic carbocycles. The van der Waals surface area contributed by atoms with Gasteiger partial charge in [0.1, 0.15) is 17.1 Å². The highest BCUT2D eigenvalue weighted by atomic mass is 16.5. The zero-order chi connectivity index (χ0) is 12.5. The van der Waals surface area contributed by atoms with Crippen LogP contribution in [0.2, 0.25) is 0 Å². The molecule has 94 valence electrons. The number of ether oxygens (including phenoxy) is 1. The lowest BCUT2D eigenvalue weighted by molar-refractivity contribution is 0.419. The van der Waals surface area contributed by atoms with Crippen molar-refractivity contribution in [3.05, 3.63) is 29.8 Å². The first-order chi connectivity index (χ1) is 8.79. The number of aromatic nitrogens is 1. The number of pyridine rings is 1. The summed E-state index contributed by atoms with van der Waals surface area (Å²) in [4.78, 5) is 7.15. The molecule has 0 atom stereocenters. The molecule has 1 aliphatic rings. The summed E-state index contributed by atoms with van der Waals surface area (Å²) in [6, 6.07) is 8.29. The minimum Gasteiger partial charge on any atom is -0.494 e. The zero-order valence-electron chi connectivity index (χ0n) is 10.9. The number of aryl methyl sites for hydroxylation is 1. The average molecular weight is 242 g/mol. The van der Waals surface area contributed by atoms with Gasteiger partial charge in [-0.1, -0.05) is 12.1 Å². The standard InChI is InChI=1S/C15H18N2O/c1-11-10-14(17-8-3-4-9-17)16-15-12(11)6-5-7-13(15)18-2/h5-7,10H,3-4,8-9H2,1-2H3. The van der Waals surface area contributed by atoms with Gasteiger partial charge in [0.05, 0.1) is 7.11 Å². The highest BCUT2D eigenvalue weighted by Gasteiger charge is 2.15. The molecule has 3 rings (SSSR count). The van der Waals surface area contributed by atoms with Crippen LogP contribution in [0.5, 0.6) is 5.75 Å². The van der Waals surface area contributed by atoms with Crippen molar-refractivity contribution in [3.8, 4) is 5.75 Å². The van der Waals surface area contributed by atoms with Crippen molar-refractivity contribution in [2.75, 3.05) is 25.1 Å². The third-order valence-corrected chi connectivity index (χ3v) is 3.65. The van der Waals surface area contributed by atoms with E-state index in [0.29, 0.717) is 0 Å². The van der Waals surface area contributed by atoms with E-state index in [1.54, 1.807) is 7.11 Å². The summed E-state index contributed by atoms with van der Waals surface area (Å²) in [5.41, 5.74) is 2.24. The Kier molecular flexibility index (Phi) is 2.82. The second-order valence-electron chi connectivity index (χ2n) is 4.85. The topological polar surface area (TPSA) is 25.4 Å². The van der Waals surface area contributed by atoms with E-state index >= 15 is 0 Å². The number of fused-ring (bicyclic) bond motifs is 1. The first-order valence-electron chi connectivity index (χ1n) is 6.49. The smallest absolute Gasteiger partial charge is 0.145 e. The first kappa shape index (κ1) is 11.3. The molecule has 0 N–H and O–H groups in total. The highest BCUT2D eigenvalue weighted by Crippen LogP contribution is 2.30. The van der Waals surface area contributed by atoms with Gasteiger partial charge in [-0.2, -0.15) is 0 Å². The van der Waals surface area contributed by atoms with Crippen LogP contribution >= 0.6 is 0 Å². The summed E-state index contributed by atoms with van der Waals surface area (Å²) >= 11 is 0. The molecule has 3 heteroatoms. The molecule has 0 unspecified atom stereocenters. The molecule has 1 aliphatic heterocycles. The summed E-state index contributed by atoms with van der Waals surface area (Å²) in [6.45, 7) is 4.38. The quantitative estimate of drug-likeness (QED) is 0.809. The average Bonchev–Trinajstić information content (AvgIpc) is 2.92. The fraction of sp³-hybridized carbons (Fsp3) is 0.400. The Morgan fingerprint density at radius 3 is 2.72 bits per heavy atom. The molecule has 18 heavy (non-hydrogen) atoms. The van der Waals surface area contributed by atoms with Gasteiger partial charge in [0, 0.05) is 18.5 Å². The fourth-order valence-electron chi connectivity index (χ4n) is 2.65. The van der Waals surface area contributed by atoms with Crippen molar-refractivity contribution in [3.63, 3.8) is 0 Å². The molecule has 2 heterocycles. The monoisotopic (exact) mass is 242 g/mol. The minimum absolute atomic E-state index is 0.858. The van der Waals surface area contributed by atoms with Crippen LogP contribution in [0.25, 0.3) is 10.9 Å². The van der Waals surface area contributed by atoms with E-state index in [-0.39, 0.29) is 0 Å². The molecule has 2 aromatic rings. The summed E-state index contributed by atoms with van der Waals surface area (Å²) in [5.74, 6) is 1.94. The fourth-order valence-corrected chi connectivity index (χ4v) is 2.65. The Morgan fingerprint density at radius 2 is 2.00 bits per heavy atom. The lowest BCUT2D eigenvalue weighted by Crippen LogP contribution is -2.19. The van der Waals surface area contributed by atoms with E-state index in [2.05, 4.69) is 24.0 Å². The molecule has 3 nitrogen and oxygen atoms in total. The third kappa shape index (κ3) is 1.80. The van der Waals surface area contributed by atoms with E-state index in [1.807, 2.05) is 12.1 Å². The van der Waals surface area contributed by atoms with Gasteiger partial charge in [0.2, 0.25) is 0 Å². The lowest BCUT2D eigenvalue weighted by Gasteiger charge is -2.18. The first-order valence-corrected chi connectivity index (χ1v) is 6.49. The van der Waals surface area contributed by atoms with Crippen LogP contribution in [0.15, 0.2) is 24.3 Å². The lowest BCUT2D eigenvalue weighted by atomic mass is 10.1. The van der Waals surface area contributed by atoms with Gasteiger partial charge in [-0.3, -0.25) is 0 Å². The van der Waals surface area contributed by atoms with Crippen molar-refractivity contribution in [1.29, 1.82) is 0 Å². The van der Waals surface area contributed by atoms with E-state index in [1.165, 1.54) is 23.8 Å². The van der Waals surface area contributed by atoms with Gasteiger partial charge in [-0.15, -0.1) is 0 Å². The summed E-state index contributed by atoms with van der Waals surface area (Å²) in [5, 5.41) is 1.18. The van der Waals surface area contributed by atoms with Crippen molar-refractivity contribution < 1.29 is 4.74 Å². The number of hydrogen-bond acceptors (Lipinski definition) is 3. The number of para-hydroxylation sites is 1. The molecule has 1 saturated heterocycles. The molecular formula is C15H18N2O. The predicted octanol–water partition coefficient (Wildman–Crippen LogP) is 3.15. The summed E-state index contributed by atoms with van der Waals surface area (Å²) < 4.78 is 5.42. The van der Waals surface area contributed by atoms with Gasteiger partial charge in [0.25, 0.3) is 0 Å². The van der Waals surface area contributed by atoms with Crippen molar-refractivity contribution in [2.24, 2.45) is 0 Å². The van der Waals surface area contributed by atoms with Gasteiger partial charge < -0.3 is 9.64 Å². The predicted molar refractivity (Wildman–Crippen MR) is 74.5 cm³/mol. The van der Waals surface area contributed by atoms with Crippen molar-refractivity contribution in [2.45, 2.75) is 19.8 Å². The Labute approximate surface area is 107 Å². The minimum atomic E-state index is 0.858. The molecule has 1 fully saturated rings. The van der Waals surface area contributed by atoms with Gasteiger partial charge in [-0.05, 0) is 37.5 Å². The maximum absolute atomic E-state index is 5.42. The molecule has 1 aromatic heterocycles. The van der Waals surface area contributed by atoms with Crippen LogP contribution in [0.3, 0.4) is 0 Å². The SMILES string of the molecule is COc1cccc2c(C)cc(N3CCCC3)nc12. The number of hydrogen-bond donors (Lipinski definition) is 0. The van der Waals surface area contributed by atoms with E-state index in [4.69, 9.17) is 9.72 Å². The second kappa shape index (κ2) is 4.48. The van der Waals surface area contributed by atoms with E-state index in [0.717, 1.165) is 30.2 Å². The van der Waals surface area contributed by atoms with Gasteiger partial charge >= 0.3 is 0 Å². The molecule has 0 bridgehead atoms. The van der Waals surface area contributed by atoms with Gasteiger partial charge in [0.15, 0.2) is 0 Å². The zero-order valence-corrected chi connectivity index (χ0v) is 10.9. The van der Waals surface area contributed by atoms with Crippen LogP contribution in [0, 0.1) is 6.92 Å². The number of nitrogens with zero attached hydrogens (tertiary/aromatic N) is 2. The normalized spacial score (nSPS) is 15.3. The van der Waals surface area contributed by atoms with E-state index in [9.17, 15) is 0 Å². The molecule has 1 aromatic carbocycles. The molecule has 0 spiro atoms. The van der Waals surface area contributed by atoms with Crippen LogP contribution < -0.4 is 9.64 Å². The Morgan fingerprint density at radius 1 is 1.22 bits per heavy atom. The molecule has 0 amide bonds. The number of benzene rings is 1. The van der Waals surface area contributed by atoms with Gasteiger partial charge in [-0.25, -0.2) is 4.98 Å². The Hall–Kier alpha value is -1.77. The van der Waals surface area contributed by atoms with E-state index < -0.39 is 0 Å². The Bertz CT molecular complexity index is 574. The van der Waals surface area contributed by atoms with Crippen molar-refractivity contribution >= 4 is 16.7 Å². The number of rotatable bonds is 2. The number of anilines is 1. The largest absolute Gasteiger partial charge is 0.494 e. The van der Waals surface area contributed by atoms with Crippen LogP contribution in [-0.4, -0.2) is 25.2 Å². The Balaban J connectivity index is 2.18. The third-order valence-electron chi connectivity index (χ3n) is 3.65. The van der Waals surface area contributed by atoms with Crippen LogP contribution in [-0.2, 0) is 0 Å². The highest BCUT2D eigenvalue weighted by molar-refractivity contribution is 5.88. The second-order valence-corrected chi connectivity index (χ2v) is 4.85. The molecule has 0 radical (unpaired) electrons. The van der Waals surface area contributed by atoms with Crippen LogP contribution in [0.1, 0.15) is 18.4 Å². The summed E-state index contributed by atoms with van der Waals surface area (Å²) in [7, 11) is 1.70. The number of methoxy groups -OCH3 is 1. The maximum atomic E-state index is 5.42. The maximum Gasteiger partial charge on any atom is 0.145 e. The molecular weight excluding hydrogens is 224 g/mol. The van der Waals surface area contributed by atoms with Crippen LogP contribution in [0.4, 0.5) is 5.82 Å². The van der Waals surface area contributed by atoms with Crippen molar-refractivity contribution in [1.82, 2.24) is 4.98 Å². The summed E-state index contributed by atoms with van der Waals surface area (Å²) in [6.07, 6.45) is 2.54.